The molecule has 6 N–H and O–H groups in total. The molecule has 27 heavy (non-hydrogen) atoms. The van der Waals surface area contributed by atoms with Crippen LogP contribution in [0.15, 0.2) is 0 Å². The van der Waals surface area contributed by atoms with Crippen molar-refractivity contribution in [2.24, 2.45) is 0 Å². The van der Waals surface area contributed by atoms with Gasteiger partial charge >= 0.3 is 139 Å². The Balaban J connectivity index is -0.000000480. The van der Waals surface area contributed by atoms with Crippen molar-refractivity contribution >= 4 is 35.8 Å². The molecule has 144 valence electrons. The van der Waals surface area contributed by atoms with Gasteiger partial charge in [-0.1, -0.05) is 0 Å². The molecule has 0 spiro atoms. The smallest absolute Gasteiger partial charge is 1.00 e. The Labute approximate surface area is 238 Å². The fraction of sp³-hybridized carbons (Fsp3) is 0.500. The van der Waals surface area contributed by atoms with Crippen LogP contribution in [0.3, 0.4) is 0 Å². The van der Waals surface area contributed by atoms with E-state index in [1.165, 1.54) is 0 Å². The second-order valence-corrected chi connectivity index (χ2v) is 5.00. The minimum atomic E-state index is -3.17. The molecule has 0 bridgehead atoms. The van der Waals surface area contributed by atoms with Crippen molar-refractivity contribution in [3.05, 3.63) is 0 Å². The Bertz CT molecular complexity index is 611. The van der Waals surface area contributed by atoms with Crippen molar-refractivity contribution in [2.75, 3.05) is 0 Å². The molecule has 0 aliphatic carbocycles. The Morgan fingerprint density at radius 2 is 1.04 bits per heavy atom. The molecule has 0 amide bonds. The van der Waals surface area contributed by atoms with Gasteiger partial charge in [-0.15, -0.1) is 0 Å². The number of esters is 1. The zero-order valence-corrected chi connectivity index (χ0v) is 20.6. The van der Waals surface area contributed by atoms with Crippen molar-refractivity contribution < 1.29 is 170 Å². The van der Waals surface area contributed by atoms with Crippen LogP contribution in [0.5, 0.6) is 0 Å². The van der Waals surface area contributed by atoms with E-state index in [2.05, 4.69) is 4.74 Å². The molecule has 0 saturated carbocycles. The van der Waals surface area contributed by atoms with Gasteiger partial charge in [0.05, 0.1) is 25.7 Å². The molecule has 0 aliphatic rings. The maximum Gasteiger partial charge on any atom is 1.00 e. The third kappa shape index (κ3) is 11.0. The van der Waals surface area contributed by atoms with Gasteiger partial charge in [-0.2, -0.15) is 0 Å². The van der Waals surface area contributed by atoms with Crippen LogP contribution in [-0.2, 0) is 33.5 Å². The maximum absolute atomic E-state index is 11.7. The van der Waals surface area contributed by atoms with Crippen LogP contribution in [0.25, 0.3) is 0 Å². The molecule has 0 saturated heterocycles. The second-order valence-electron chi connectivity index (χ2n) is 5.00. The monoisotopic (exact) mass is 446 g/mol. The zero-order chi connectivity index (χ0) is 20.0. The Kier molecular flexibility index (Phi) is 15.6. The number of rotatable bonds is 11. The average Bonchev–Trinajstić information content (AvgIpc) is 2.34. The molecular weight excluding hydrogens is 430 g/mol. The number of aliphatic hydroxyl groups is 1. The summed E-state index contributed by atoms with van der Waals surface area (Å²) in [6, 6.07) is 0. The summed E-state index contributed by atoms with van der Waals surface area (Å²) in [6.07, 6.45) is -5.94. The van der Waals surface area contributed by atoms with Gasteiger partial charge in [0.1, 0.15) is 0 Å². The summed E-state index contributed by atoms with van der Waals surface area (Å²) in [5.41, 5.74) is -6.24. The summed E-state index contributed by atoms with van der Waals surface area (Å²) in [6.45, 7) is 0. The van der Waals surface area contributed by atoms with Gasteiger partial charge in [0, 0.05) is 0 Å². The summed E-state index contributed by atoms with van der Waals surface area (Å²) in [7, 11) is 0. The van der Waals surface area contributed by atoms with Crippen molar-refractivity contribution in [3.63, 3.8) is 0 Å². The van der Waals surface area contributed by atoms with E-state index in [0.717, 1.165) is 0 Å². The standard InChI is InChI=1S/C12H14O13.2K.2H/c13-5(14)1-11(24,9(20)21)4-8(19)25-12(10(22)23,2-6(15)16)3-7(17)18;;;;/h24H,1-4H2,(H,13,14)(H,15,16)(H,17,18)(H,20,21)(H,22,23);;;;/q;2*+1;2*-1. The van der Waals surface area contributed by atoms with Crippen LogP contribution in [0.1, 0.15) is 28.5 Å². The van der Waals surface area contributed by atoms with E-state index in [9.17, 15) is 33.9 Å². The topological polar surface area (TPSA) is 233 Å². The van der Waals surface area contributed by atoms with E-state index in [4.69, 9.17) is 25.5 Å². The maximum atomic E-state index is 11.7. The van der Waals surface area contributed by atoms with Gasteiger partial charge < -0.3 is 38.2 Å². The van der Waals surface area contributed by atoms with E-state index in [-0.39, 0.29) is 106 Å². The molecule has 0 aromatic heterocycles. The number of ether oxygens (including phenoxy) is 1. The molecule has 0 fully saturated rings. The van der Waals surface area contributed by atoms with Gasteiger partial charge in [0.15, 0.2) is 5.60 Å². The molecule has 1 unspecified atom stereocenters. The molecular formula is C12H16K2O13. The Morgan fingerprint density at radius 1 is 0.667 bits per heavy atom. The summed E-state index contributed by atoms with van der Waals surface area (Å²) in [5.74, 6) is -11.6. The largest absolute Gasteiger partial charge is 1.00 e. The van der Waals surface area contributed by atoms with E-state index < -0.39 is 72.7 Å². The quantitative estimate of drug-likeness (QED) is 0.128. The van der Waals surface area contributed by atoms with Crippen molar-refractivity contribution in [2.45, 2.75) is 36.9 Å². The number of carbonyl (C=O) groups excluding carboxylic acids is 1. The van der Waals surface area contributed by atoms with Crippen molar-refractivity contribution in [1.82, 2.24) is 0 Å². The number of aliphatic carboxylic acids is 5. The van der Waals surface area contributed by atoms with Crippen LogP contribution >= 0.6 is 0 Å². The van der Waals surface area contributed by atoms with Gasteiger partial charge in [0.25, 0.3) is 0 Å². The first kappa shape index (κ1) is 31.7. The van der Waals surface area contributed by atoms with Crippen molar-refractivity contribution in [3.8, 4) is 0 Å². The number of carbonyl (C=O) groups is 6. The molecule has 1 atom stereocenters. The molecule has 13 nitrogen and oxygen atoms in total. The zero-order valence-electron chi connectivity index (χ0n) is 16.4. The van der Waals surface area contributed by atoms with E-state index in [0.29, 0.717) is 0 Å². The normalized spacial score (nSPS) is 12.3. The first-order valence-corrected chi connectivity index (χ1v) is 6.30. The first-order valence-electron chi connectivity index (χ1n) is 6.30. The number of carboxylic acids is 5. The fourth-order valence-electron chi connectivity index (χ4n) is 1.77. The summed E-state index contributed by atoms with van der Waals surface area (Å²) >= 11 is 0. The third-order valence-corrected chi connectivity index (χ3v) is 2.85. The Morgan fingerprint density at radius 3 is 1.30 bits per heavy atom. The SMILES string of the molecule is O=C(O)CC(O)(CC(=O)OC(CC(=O)O)(CC(=O)O)C(=O)O)C(=O)O.[H-].[H-].[K+].[K+]. The minimum Gasteiger partial charge on any atom is -1.00 e. The molecule has 0 aromatic rings. The van der Waals surface area contributed by atoms with Gasteiger partial charge in [-0.25, -0.2) is 9.59 Å². The van der Waals surface area contributed by atoms with Crippen LogP contribution in [-0.4, -0.2) is 77.7 Å². The number of carboxylic acid groups (broad SMARTS) is 5. The van der Waals surface area contributed by atoms with Gasteiger partial charge in [-0.05, 0) is 0 Å². The van der Waals surface area contributed by atoms with Crippen LogP contribution in [0.2, 0.25) is 0 Å². The van der Waals surface area contributed by atoms with Crippen LogP contribution in [0.4, 0.5) is 0 Å². The predicted molar refractivity (Wildman–Crippen MR) is 72.6 cm³/mol. The van der Waals surface area contributed by atoms with E-state index >= 15 is 0 Å². The average molecular weight is 446 g/mol. The van der Waals surface area contributed by atoms with E-state index in [1.54, 1.807) is 0 Å². The molecule has 0 aliphatic heterocycles. The van der Waals surface area contributed by atoms with E-state index in [1.807, 2.05) is 0 Å². The second kappa shape index (κ2) is 13.3. The minimum absolute atomic E-state index is 0. The van der Waals surface area contributed by atoms with Gasteiger partial charge in [-0.3, -0.25) is 19.2 Å². The molecule has 0 radical (unpaired) electrons. The predicted octanol–water partition coefficient (Wildman–Crippen LogP) is -7.78. The van der Waals surface area contributed by atoms with Crippen LogP contribution in [0, 0.1) is 0 Å². The van der Waals surface area contributed by atoms with Gasteiger partial charge in [0.2, 0.25) is 5.60 Å². The summed E-state index contributed by atoms with van der Waals surface area (Å²) in [4.78, 5) is 66.0. The molecule has 15 heteroatoms. The summed E-state index contributed by atoms with van der Waals surface area (Å²) in [5, 5.41) is 53.5. The molecule has 0 aromatic carbocycles. The number of hydrogen-bond donors (Lipinski definition) is 6. The third-order valence-electron chi connectivity index (χ3n) is 2.85. The molecule has 0 rings (SSSR count). The number of hydrogen-bond acceptors (Lipinski definition) is 8. The fourth-order valence-corrected chi connectivity index (χ4v) is 1.77. The van der Waals surface area contributed by atoms with Crippen LogP contribution < -0.4 is 103 Å². The van der Waals surface area contributed by atoms with Crippen molar-refractivity contribution in [1.29, 1.82) is 0 Å². The summed E-state index contributed by atoms with van der Waals surface area (Å²) < 4.78 is 4.33. The Hall–Kier alpha value is 0.0527. The first-order chi connectivity index (χ1) is 11.2. The molecule has 0 heterocycles.